The minimum absolute atomic E-state index is 0.209. The van der Waals surface area contributed by atoms with Gasteiger partial charge in [-0.05, 0) is 30.9 Å². The number of hydrogen-bond donors (Lipinski definition) is 3. The van der Waals surface area contributed by atoms with E-state index in [1.54, 1.807) is 17.8 Å². The van der Waals surface area contributed by atoms with E-state index < -0.39 is 33.3 Å². The Morgan fingerprint density at radius 1 is 1.39 bits per heavy atom. The molecule has 1 aliphatic rings. The molecule has 1 aromatic heterocycles. The molecule has 1 atom stereocenters. The molecule has 0 radical (unpaired) electrons. The predicted molar refractivity (Wildman–Crippen MR) is 112 cm³/mol. The molecular weight excluding hydrogens is 451 g/mol. The Hall–Kier alpha value is -2.70. The van der Waals surface area contributed by atoms with Gasteiger partial charge in [-0.1, -0.05) is 11.6 Å². The van der Waals surface area contributed by atoms with Gasteiger partial charge in [-0.3, -0.25) is 10.2 Å². The Balaban J connectivity index is 1.68. The Morgan fingerprint density at radius 3 is 2.77 bits per heavy atom. The summed E-state index contributed by atoms with van der Waals surface area (Å²) in [4.78, 5) is 31.2. The zero-order valence-electron chi connectivity index (χ0n) is 16.6. The molecule has 4 N–H and O–H groups in total. The molecule has 1 aliphatic heterocycles. The lowest BCUT2D eigenvalue weighted by atomic mass is 10.0. The number of carbonyl (C=O) groups is 2. The Morgan fingerprint density at radius 2 is 2.13 bits per heavy atom. The summed E-state index contributed by atoms with van der Waals surface area (Å²) < 4.78 is 40.8. The molecule has 10 nitrogen and oxygen atoms in total. The highest BCUT2D eigenvalue weighted by molar-refractivity contribution is 7.89. The van der Waals surface area contributed by atoms with E-state index in [4.69, 9.17) is 17.3 Å². The molecular formula is C18H22ClFN6O4S. The second kappa shape index (κ2) is 9.20. The molecule has 0 saturated carbocycles. The molecule has 2 heterocycles. The van der Waals surface area contributed by atoms with Crippen LogP contribution in [0.4, 0.5) is 9.18 Å². The summed E-state index contributed by atoms with van der Waals surface area (Å²) in [6, 6.07) is 1.95. The van der Waals surface area contributed by atoms with Crippen molar-refractivity contribution >= 4 is 33.6 Å². The monoisotopic (exact) mass is 472 g/mol. The number of benzene rings is 1. The van der Waals surface area contributed by atoms with E-state index in [-0.39, 0.29) is 23.2 Å². The number of primary amides is 1. The first-order valence-corrected chi connectivity index (χ1v) is 11.4. The fraction of sp³-hybridized carbons (Fsp3) is 0.389. The van der Waals surface area contributed by atoms with Crippen molar-refractivity contribution in [3.63, 3.8) is 0 Å². The number of hydrogen-bond acceptors (Lipinski definition) is 5. The van der Waals surface area contributed by atoms with Gasteiger partial charge in [0.25, 0.3) is 5.91 Å². The number of piperidine rings is 1. The standard InChI is InChI=1S/C18H22ClFN6O4S/c1-25-8-15(22-10-25)12-5-13(16(20)14(19)6-12)17(27)23-24-31(29,30)9-11-3-2-4-26(7-11)18(21)28/h5-6,8,10-11,24H,2-4,7,9H2,1H3,(H2,21,28)(H,23,27). The quantitative estimate of drug-likeness (QED) is 0.542. The Bertz CT molecular complexity index is 1110. The highest BCUT2D eigenvalue weighted by atomic mass is 35.5. The molecule has 2 aromatic rings. The van der Waals surface area contributed by atoms with Gasteiger partial charge in [0, 0.05) is 31.9 Å². The van der Waals surface area contributed by atoms with Crippen LogP contribution < -0.4 is 16.0 Å². The number of amides is 3. The molecule has 168 valence electrons. The van der Waals surface area contributed by atoms with Crippen LogP contribution in [-0.2, 0) is 17.1 Å². The van der Waals surface area contributed by atoms with E-state index >= 15 is 0 Å². The van der Waals surface area contributed by atoms with E-state index in [0.717, 1.165) is 0 Å². The number of sulfonamides is 1. The first kappa shape index (κ1) is 23.0. The van der Waals surface area contributed by atoms with Gasteiger partial charge in [0.2, 0.25) is 10.0 Å². The van der Waals surface area contributed by atoms with Gasteiger partial charge in [0.15, 0.2) is 5.82 Å². The molecule has 3 rings (SSSR count). The van der Waals surface area contributed by atoms with Crippen molar-refractivity contribution in [2.45, 2.75) is 12.8 Å². The van der Waals surface area contributed by atoms with Gasteiger partial charge in [-0.15, -0.1) is 4.83 Å². The van der Waals surface area contributed by atoms with Gasteiger partial charge in [0.05, 0.1) is 28.4 Å². The number of carbonyl (C=O) groups excluding carboxylic acids is 2. The van der Waals surface area contributed by atoms with Crippen LogP contribution in [0.25, 0.3) is 11.3 Å². The van der Waals surface area contributed by atoms with E-state index in [9.17, 15) is 22.4 Å². The summed E-state index contributed by atoms with van der Waals surface area (Å²) in [5.74, 6) is -2.66. The second-order valence-electron chi connectivity index (χ2n) is 7.37. The van der Waals surface area contributed by atoms with Crippen molar-refractivity contribution in [3.05, 3.63) is 41.1 Å². The molecule has 0 aliphatic carbocycles. The lowest BCUT2D eigenvalue weighted by molar-refractivity contribution is 0.0941. The fourth-order valence-electron chi connectivity index (χ4n) is 3.41. The van der Waals surface area contributed by atoms with Gasteiger partial charge in [0.1, 0.15) is 0 Å². The summed E-state index contributed by atoms with van der Waals surface area (Å²) in [5, 5.41) is -0.301. The van der Waals surface area contributed by atoms with E-state index in [1.165, 1.54) is 23.4 Å². The van der Waals surface area contributed by atoms with E-state index in [1.807, 2.05) is 10.3 Å². The number of imidazole rings is 1. The molecule has 3 amide bonds. The average Bonchev–Trinajstić information content (AvgIpc) is 3.14. The van der Waals surface area contributed by atoms with Crippen LogP contribution in [0.2, 0.25) is 5.02 Å². The third kappa shape index (κ3) is 5.71. The average molecular weight is 473 g/mol. The molecule has 1 unspecified atom stereocenters. The first-order valence-electron chi connectivity index (χ1n) is 9.37. The maximum absolute atomic E-state index is 14.4. The molecule has 1 saturated heterocycles. The van der Waals surface area contributed by atoms with Gasteiger partial charge < -0.3 is 15.2 Å². The van der Waals surface area contributed by atoms with Crippen molar-refractivity contribution in [3.8, 4) is 11.3 Å². The Labute approximate surface area is 183 Å². The van der Waals surface area contributed by atoms with Crippen LogP contribution >= 0.6 is 11.6 Å². The number of nitrogens with zero attached hydrogens (tertiary/aromatic N) is 3. The highest BCUT2D eigenvalue weighted by Gasteiger charge is 2.27. The zero-order valence-corrected chi connectivity index (χ0v) is 18.2. The molecule has 13 heteroatoms. The number of aromatic nitrogens is 2. The van der Waals surface area contributed by atoms with Crippen LogP contribution in [0.1, 0.15) is 23.2 Å². The normalized spacial score (nSPS) is 16.9. The minimum Gasteiger partial charge on any atom is -0.351 e. The van der Waals surface area contributed by atoms with Gasteiger partial charge >= 0.3 is 6.03 Å². The summed E-state index contributed by atoms with van der Waals surface area (Å²) in [7, 11) is -2.20. The summed E-state index contributed by atoms with van der Waals surface area (Å²) in [6.07, 6.45) is 4.41. The smallest absolute Gasteiger partial charge is 0.314 e. The number of rotatable bonds is 6. The topological polar surface area (TPSA) is 139 Å². The molecule has 0 spiro atoms. The summed E-state index contributed by atoms with van der Waals surface area (Å²) in [5.41, 5.74) is 7.69. The number of hydrazine groups is 1. The van der Waals surface area contributed by atoms with Gasteiger partial charge in [-0.2, -0.15) is 0 Å². The molecule has 1 aromatic carbocycles. The SMILES string of the molecule is Cn1cnc(-c2cc(Cl)c(F)c(C(=O)NNS(=O)(=O)CC3CCCN(C(N)=O)C3)c2)c1. The molecule has 31 heavy (non-hydrogen) atoms. The predicted octanol–water partition coefficient (Wildman–Crippen LogP) is 1.23. The third-order valence-corrected chi connectivity index (χ3v) is 6.48. The lowest BCUT2D eigenvalue weighted by Gasteiger charge is -2.31. The Kier molecular flexibility index (Phi) is 6.82. The zero-order chi connectivity index (χ0) is 22.8. The second-order valence-corrected chi connectivity index (χ2v) is 9.55. The molecule has 1 fully saturated rings. The van der Waals surface area contributed by atoms with Crippen LogP contribution in [0.15, 0.2) is 24.7 Å². The number of urea groups is 1. The fourth-order valence-corrected chi connectivity index (χ4v) is 4.85. The van der Waals surface area contributed by atoms with Gasteiger partial charge in [-0.25, -0.2) is 22.6 Å². The first-order chi connectivity index (χ1) is 14.6. The summed E-state index contributed by atoms with van der Waals surface area (Å²) in [6.45, 7) is 0.684. The van der Waals surface area contributed by atoms with Crippen molar-refractivity contribution in [1.29, 1.82) is 0 Å². The lowest BCUT2D eigenvalue weighted by Crippen LogP contribution is -2.48. The van der Waals surface area contributed by atoms with Crippen LogP contribution in [-0.4, -0.2) is 53.6 Å². The van der Waals surface area contributed by atoms with Crippen molar-refractivity contribution < 1.29 is 22.4 Å². The third-order valence-electron chi connectivity index (χ3n) is 4.88. The largest absolute Gasteiger partial charge is 0.351 e. The maximum Gasteiger partial charge on any atom is 0.314 e. The van der Waals surface area contributed by atoms with E-state index in [0.29, 0.717) is 30.6 Å². The van der Waals surface area contributed by atoms with Crippen LogP contribution in [0.3, 0.4) is 0 Å². The number of nitrogens with one attached hydrogen (secondary N) is 2. The van der Waals surface area contributed by atoms with Crippen molar-refractivity contribution in [2.75, 3.05) is 18.8 Å². The van der Waals surface area contributed by atoms with Crippen molar-refractivity contribution in [2.24, 2.45) is 18.7 Å². The maximum atomic E-state index is 14.4. The minimum atomic E-state index is -3.95. The van der Waals surface area contributed by atoms with E-state index in [2.05, 4.69) is 4.98 Å². The van der Waals surface area contributed by atoms with Crippen LogP contribution in [0.5, 0.6) is 0 Å². The number of aryl methyl sites for hydroxylation is 1. The summed E-state index contributed by atoms with van der Waals surface area (Å²) >= 11 is 5.91. The van der Waals surface area contributed by atoms with Crippen LogP contribution in [0, 0.1) is 11.7 Å². The number of likely N-dealkylation sites (tertiary alicyclic amines) is 1. The van der Waals surface area contributed by atoms with Crippen molar-refractivity contribution in [1.82, 2.24) is 24.7 Å². The number of halogens is 2. The molecule has 0 bridgehead atoms. The highest BCUT2D eigenvalue weighted by Crippen LogP contribution is 2.27. The number of nitrogens with two attached hydrogens (primary N) is 1.